The van der Waals surface area contributed by atoms with Crippen LogP contribution < -0.4 is 4.74 Å². The third-order valence-corrected chi connectivity index (χ3v) is 14.0. The van der Waals surface area contributed by atoms with Gasteiger partial charge in [-0.1, -0.05) is 26.8 Å². The predicted octanol–water partition coefficient (Wildman–Crippen LogP) is 8.43. The average molecular weight is 657 g/mol. The summed E-state index contributed by atoms with van der Waals surface area (Å²) in [6, 6.07) is 4.88. The highest BCUT2D eigenvalue weighted by atomic mass is 28.4. The molecule has 45 heavy (non-hydrogen) atoms. The maximum atomic E-state index is 13.2. The Labute approximate surface area is 267 Å². The second-order valence-electron chi connectivity index (χ2n) is 13.9. The van der Waals surface area contributed by atoms with Gasteiger partial charge in [-0.3, -0.25) is 0 Å². The number of ether oxygens (including phenoxy) is 5. The SMILES string of the molecule is CC(C)(C)[Si](C)(C)OC1C[C@H](OC2CCCCO2)[C@H](/C(=C\CCOc2cccc(C(F)(F)F)c2)OC2CCCCO2)[C@@H]1CC=O. The second-order valence-corrected chi connectivity index (χ2v) is 18.7. The van der Waals surface area contributed by atoms with Crippen molar-refractivity contribution in [2.45, 2.75) is 128 Å². The Kier molecular flexibility index (Phi) is 12.6. The summed E-state index contributed by atoms with van der Waals surface area (Å²) >= 11 is 0. The van der Waals surface area contributed by atoms with Crippen LogP contribution in [0.1, 0.15) is 84.1 Å². The Morgan fingerprint density at radius 2 is 1.69 bits per heavy atom. The van der Waals surface area contributed by atoms with Gasteiger partial charge in [0.25, 0.3) is 0 Å². The first-order valence-corrected chi connectivity index (χ1v) is 19.4. The van der Waals surface area contributed by atoms with Gasteiger partial charge >= 0.3 is 6.18 Å². The highest BCUT2D eigenvalue weighted by molar-refractivity contribution is 6.74. The number of halogens is 3. The molecule has 0 radical (unpaired) electrons. The first kappa shape index (κ1) is 35.9. The monoisotopic (exact) mass is 656 g/mol. The molecule has 0 amide bonds. The molecule has 11 heteroatoms. The molecule has 2 aliphatic heterocycles. The molecule has 3 unspecified atom stereocenters. The summed E-state index contributed by atoms with van der Waals surface area (Å²) in [6.07, 6.45) is 3.89. The topological polar surface area (TPSA) is 72.5 Å². The molecule has 0 aromatic heterocycles. The third kappa shape index (κ3) is 10.0. The molecule has 4 rings (SSSR count). The highest BCUT2D eigenvalue weighted by Crippen LogP contribution is 2.48. The van der Waals surface area contributed by atoms with E-state index in [2.05, 4.69) is 33.9 Å². The minimum absolute atomic E-state index is 0.0223. The van der Waals surface area contributed by atoms with E-state index >= 15 is 0 Å². The van der Waals surface area contributed by atoms with E-state index in [-0.39, 0.29) is 54.1 Å². The smallest absolute Gasteiger partial charge is 0.416 e. The summed E-state index contributed by atoms with van der Waals surface area (Å²) in [5.41, 5.74) is -0.755. The lowest BCUT2D eigenvalue weighted by Gasteiger charge is -2.40. The van der Waals surface area contributed by atoms with Crippen LogP contribution in [0.3, 0.4) is 0 Å². The number of hydrogen-bond donors (Lipinski definition) is 0. The zero-order valence-corrected chi connectivity index (χ0v) is 28.4. The molecule has 1 aliphatic carbocycles. The average Bonchev–Trinajstić information content (AvgIpc) is 3.30. The van der Waals surface area contributed by atoms with Crippen molar-refractivity contribution >= 4 is 14.6 Å². The number of rotatable bonds is 13. The van der Waals surface area contributed by atoms with Crippen LogP contribution >= 0.6 is 0 Å². The summed E-state index contributed by atoms with van der Waals surface area (Å²) in [6.45, 7) is 12.4. The summed E-state index contributed by atoms with van der Waals surface area (Å²) in [4.78, 5) is 12.1. The molecule has 7 nitrogen and oxygen atoms in total. The number of carbonyl (C=O) groups excluding carboxylic acids is 1. The zero-order chi connectivity index (χ0) is 32.7. The Morgan fingerprint density at radius 3 is 2.29 bits per heavy atom. The van der Waals surface area contributed by atoms with Crippen molar-refractivity contribution in [3.05, 3.63) is 41.7 Å². The molecule has 0 spiro atoms. The first-order valence-electron chi connectivity index (χ1n) is 16.5. The Hall–Kier alpha value is -1.92. The van der Waals surface area contributed by atoms with Crippen LogP contribution in [-0.2, 0) is 34.3 Å². The summed E-state index contributed by atoms with van der Waals surface area (Å²) in [5, 5.41) is -0.0223. The minimum Gasteiger partial charge on any atom is -0.493 e. The maximum absolute atomic E-state index is 13.2. The Balaban J connectivity index is 1.61. The first-order chi connectivity index (χ1) is 21.3. The molecule has 1 saturated carbocycles. The molecule has 6 atom stereocenters. The van der Waals surface area contributed by atoms with Gasteiger partial charge in [-0.05, 0) is 80.9 Å². The van der Waals surface area contributed by atoms with Gasteiger partial charge in [0.2, 0.25) is 0 Å². The van der Waals surface area contributed by atoms with Gasteiger partial charge in [0.15, 0.2) is 20.9 Å². The fourth-order valence-electron chi connectivity index (χ4n) is 6.06. The lowest BCUT2D eigenvalue weighted by atomic mass is 9.88. The van der Waals surface area contributed by atoms with Gasteiger partial charge in [-0.2, -0.15) is 13.2 Å². The minimum atomic E-state index is -4.45. The zero-order valence-electron chi connectivity index (χ0n) is 27.4. The van der Waals surface area contributed by atoms with Crippen molar-refractivity contribution in [3.8, 4) is 5.75 Å². The predicted molar refractivity (Wildman–Crippen MR) is 167 cm³/mol. The summed E-state index contributed by atoms with van der Waals surface area (Å²) in [7, 11) is -2.20. The molecule has 0 bridgehead atoms. The van der Waals surface area contributed by atoms with Crippen molar-refractivity contribution in [2.24, 2.45) is 11.8 Å². The maximum Gasteiger partial charge on any atom is 0.416 e. The van der Waals surface area contributed by atoms with Gasteiger partial charge in [0, 0.05) is 37.7 Å². The third-order valence-electron chi connectivity index (χ3n) is 9.52. The lowest BCUT2D eigenvalue weighted by Crippen LogP contribution is -2.45. The Morgan fingerprint density at radius 1 is 1.00 bits per heavy atom. The molecular weight excluding hydrogens is 605 g/mol. The van der Waals surface area contributed by atoms with E-state index in [0.29, 0.717) is 31.8 Å². The van der Waals surface area contributed by atoms with E-state index in [4.69, 9.17) is 28.1 Å². The highest BCUT2D eigenvalue weighted by Gasteiger charge is 2.51. The van der Waals surface area contributed by atoms with Crippen LogP contribution in [0.15, 0.2) is 36.1 Å². The second kappa shape index (κ2) is 15.8. The lowest BCUT2D eigenvalue weighted by molar-refractivity contribution is -0.201. The number of aldehydes is 1. The van der Waals surface area contributed by atoms with Gasteiger partial charge in [-0.15, -0.1) is 0 Å². The van der Waals surface area contributed by atoms with Crippen molar-refractivity contribution in [1.82, 2.24) is 0 Å². The van der Waals surface area contributed by atoms with Crippen LogP contribution in [0.4, 0.5) is 13.2 Å². The van der Waals surface area contributed by atoms with Gasteiger partial charge in [0.1, 0.15) is 17.8 Å². The molecule has 2 saturated heterocycles. The fraction of sp³-hybridized carbons (Fsp3) is 0.735. The van der Waals surface area contributed by atoms with Gasteiger partial charge in [0.05, 0.1) is 31.0 Å². The molecule has 3 aliphatic rings. The number of carbonyl (C=O) groups is 1. The quantitative estimate of drug-likeness (QED) is 0.0914. The summed E-state index contributed by atoms with van der Waals surface area (Å²) in [5.74, 6) is 0.317. The van der Waals surface area contributed by atoms with Crippen molar-refractivity contribution < 1.29 is 46.1 Å². The van der Waals surface area contributed by atoms with Gasteiger partial charge in [-0.25, -0.2) is 0 Å². The summed E-state index contributed by atoms with van der Waals surface area (Å²) < 4.78 is 77.5. The van der Waals surface area contributed by atoms with Gasteiger partial charge < -0.3 is 32.9 Å². The Bertz CT molecular complexity index is 1110. The number of benzene rings is 1. The van der Waals surface area contributed by atoms with Crippen LogP contribution in [0, 0.1) is 11.8 Å². The molecule has 1 aromatic rings. The molecule has 3 fully saturated rings. The molecule has 0 N–H and O–H groups in total. The van der Waals surface area contributed by atoms with Crippen molar-refractivity contribution in [2.75, 3.05) is 19.8 Å². The van der Waals surface area contributed by atoms with Crippen LogP contribution in [0.25, 0.3) is 0 Å². The van der Waals surface area contributed by atoms with E-state index in [1.165, 1.54) is 12.1 Å². The van der Waals surface area contributed by atoms with Crippen LogP contribution in [-0.4, -0.2) is 59.2 Å². The van der Waals surface area contributed by atoms with Crippen molar-refractivity contribution in [3.63, 3.8) is 0 Å². The van der Waals surface area contributed by atoms with E-state index in [0.717, 1.165) is 56.9 Å². The largest absolute Gasteiger partial charge is 0.493 e. The number of alkyl halides is 3. The molecule has 1 aromatic carbocycles. The van der Waals surface area contributed by atoms with Crippen molar-refractivity contribution in [1.29, 1.82) is 0 Å². The normalized spacial score (nSPS) is 28.6. The van der Waals surface area contributed by atoms with Crippen LogP contribution in [0.5, 0.6) is 5.75 Å². The molecule has 2 heterocycles. The van der Waals surface area contributed by atoms with Crippen LogP contribution in [0.2, 0.25) is 18.1 Å². The van der Waals surface area contributed by atoms with E-state index in [9.17, 15) is 18.0 Å². The van der Waals surface area contributed by atoms with E-state index < -0.39 is 26.3 Å². The fourth-order valence-corrected chi connectivity index (χ4v) is 7.45. The van der Waals surface area contributed by atoms with E-state index in [1.54, 1.807) is 0 Å². The standard InChI is InChI=1S/C34H51F3O7Si/c1-33(2,3)45(4,5)44-28-23-29(43-31-16-7-9-20-41-31)32(26(28)17-18-38)27(42-30-15-6-8-19-40-30)14-11-21-39-25-13-10-12-24(22-25)34(35,36)37/h10,12-14,18,22,26,28-32H,6-9,11,15-17,19-21,23H2,1-5H3/b27-14+/t26-,28?,29+,30?,31?,32+/m1/s1. The molecule has 254 valence electrons. The number of hydrogen-bond acceptors (Lipinski definition) is 7. The molecular formula is C34H51F3O7Si. The van der Waals surface area contributed by atoms with E-state index in [1.807, 2.05) is 6.08 Å².